The number of carbonyl (C=O) groups is 1. The first-order chi connectivity index (χ1) is 15.2. The summed E-state index contributed by atoms with van der Waals surface area (Å²) in [6, 6.07) is 15.6. The summed E-state index contributed by atoms with van der Waals surface area (Å²) in [5.41, 5.74) is 2.36. The molecule has 0 aliphatic carbocycles. The lowest BCUT2D eigenvalue weighted by molar-refractivity contribution is 0.0697. The number of alkyl halides is 1. The number of carboxylic acid groups (broad SMARTS) is 1. The van der Waals surface area contributed by atoms with Gasteiger partial charge in [0.1, 0.15) is 5.75 Å². The molecule has 6 heteroatoms. The van der Waals surface area contributed by atoms with Crippen LogP contribution in [0.25, 0.3) is 0 Å². The van der Waals surface area contributed by atoms with Gasteiger partial charge in [0.05, 0.1) is 17.9 Å². The number of para-hydroxylation sites is 1. The van der Waals surface area contributed by atoms with E-state index in [-0.39, 0.29) is 0 Å². The minimum Gasteiger partial charge on any atom is -0.494 e. The number of halogens is 1. The first-order valence-corrected chi connectivity index (χ1v) is 12.4. The maximum Gasteiger partial charge on any atom is 0.337 e. The third kappa shape index (κ3) is 7.17. The summed E-state index contributed by atoms with van der Waals surface area (Å²) in [6.45, 7) is 4.11. The Labute approximate surface area is 194 Å². The fourth-order valence-electron chi connectivity index (χ4n) is 3.98. The van der Waals surface area contributed by atoms with Crippen LogP contribution >= 0.6 is 15.9 Å². The number of piperazine rings is 1. The molecule has 1 fully saturated rings. The second-order valence-electron chi connectivity index (χ2n) is 7.95. The van der Waals surface area contributed by atoms with Gasteiger partial charge in [-0.25, -0.2) is 4.79 Å². The lowest BCUT2D eigenvalue weighted by Crippen LogP contribution is -2.47. The van der Waals surface area contributed by atoms with Crippen molar-refractivity contribution in [2.24, 2.45) is 0 Å². The van der Waals surface area contributed by atoms with Crippen molar-refractivity contribution in [3.05, 3.63) is 54.1 Å². The van der Waals surface area contributed by atoms with Gasteiger partial charge in [-0.05, 0) is 49.2 Å². The van der Waals surface area contributed by atoms with Gasteiger partial charge in [-0.15, -0.1) is 0 Å². The minimum absolute atomic E-state index is 0.372. The zero-order valence-electron chi connectivity index (χ0n) is 18.1. The molecule has 0 bridgehead atoms. The Bertz CT molecular complexity index is 805. The minimum atomic E-state index is -0.872. The molecule has 1 saturated heterocycles. The third-order valence-corrected chi connectivity index (χ3v) is 6.31. The first kappa shape index (κ1) is 23.5. The quantitative estimate of drug-likeness (QED) is 0.301. The van der Waals surface area contributed by atoms with Gasteiger partial charge in [0, 0.05) is 37.2 Å². The SMILES string of the molecule is O=C(O)c1ccccc1N1CCN(c2ccc(OCCCCCCCCBr)cc2)CC1. The average Bonchev–Trinajstić information content (AvgIpc) is 2.81. The summed E-state index contributed by atoms with van der Waals surface area (Å²) >= 11 is 3.47. The third-order valence-electron chi connectivity index (χ3n) is 5.75. The molecule has 3 rings (SSSR count). The van der Waals surface area contributed by atoms with Gasteiger partial charge in [-0.1, -0.05) is 53.7 Å². The fraction of sp³-hybridized carbons (Fsp3) is 0.480. The monoisotopic (exact) mass is 488 g/mol. The van der Waals surface area contributed by atoms with Crippen LogP contribution in [0.5, 0.6) is 5.75 Å². The molecule has 168 valence electrons. The van der Waals surface area contributed by atoms with Crippen molar-refractivity contribution in [1.29, 1.82) is 0 Å². The van der Waals surface area contributed by atoms with Crippen molar-refractivity contribution >= 4 is 33.3 Å². The van der Waals surface area contributed by atoms with Gasteiger partial charge in [0.15, 0.2) is 0 Å². The van der Waals surface area contributed by atoms with Gasteiger partial charge in [-0.2, -0.15) is 0 Å². The second kappa shape index (κ2) is 12.6. The fourth-order valence-corrected chi connectivity index (χ4v) is 4.38. The summed E-state index contributed by atoms with van der Waals surface area (Å²) in [4.78, 5) is 16.0. The highest BCUT2D eigenvalue weighted by Crippen LogP contribution is 2.25. The topological polar surface area (TPSA) is 53.0 Å². The average molecular weight is 489 g/mol. The zero-order chi connectivity index (χ0) is 21.9. The smallest absolute Gasteiger partial charge is 0.337 e. The summed E-state index contributed by atoms with van der Waals surface area (Å²) in [6.07, 6.45) is 7.53. The number of hydrogen-bond acceptors (Lipinski definition) is 4. The summed E-state index contributed by atoms with van der Waals surface area (Å²) in [5.74, 6) is 0.0559. The van der Waals surface area contributed by atoms with E-state index in [0.717, 1.165) is 56.0 Å². The van der Waals surface area contributed by atoms with Crippen LogP contribution in [0.2, 0.25) is 0 Å². The van der Waals surface area contributed by atoms with Gasteiger partial charge >= 0.3 is 5.97 Å². The highest BCUT2D eigenvalue weighted by atomic mass is 79.9. The van der Waals surface area contributed by atoms with Crippen molar-refractivity contribution in [2.45, 2.75) is 38.5 Å². The van der Waals surface area contributed by atoms with E-state index in [1.54, 1.807) is 12.1 Å². The Balaban J connectivity index is 1.41. The summed E-state index contributed by atoms with van der Waals surface area (Å²) in [5, 5.41) is 10.5. The normalized spacial score (nSPS) is 14.0. The van der Waals surface area contributed by atoms with Crippen LogP contribution in [0.4, 0.5) is 11.4 Å². The molecule has 0 radical (unpaired) electrons. The number of benzene rings is 2. The number of aromatic carboxylic acids is 1. The summed E-state index contributed by atoms with van der Waals surface area (Å²) < 4.78 is 5.90. The molecule has 31 heavy (non-hydrogen) atoms. The van der Waals surface area contributed by atoms with E-state index in [1.165, 1.54) is 37.8 Å². The number of rotatable bonds is 12. The van der Waals surface area contributed by atoms with Gasteiger partial charge < -0.3 is 19.6 Å². The molecule has 0 saturated carbocycles. The molecular formula is C25H33BrN2O3. The second-order valence-corrected chi connectivity index (χ2v) is 8.74. The van der Waals surface area contributed by atoms with E-state index in [9.17, 15) is 9.90 Å². The molecule has 2 aromatic carbocycles. The Kier molecular flexibility index (Phi) is 9.53. The van der Waals surface area contributed by atoms with Gasteiger partial charge in [-0.3, -0.25) is 0 Å². The molecule has 2 aromatic rings. The molecule has 5 nitrogen and oxygen atoms in total. The van der Waals surface area contributed by atoms with E-state index in [2.05, 4.69) is 50.0 Å². The molecule has 0 unspecified atom stereocenters. The Hall–Kier alpha value is -2.21. The highest BCUT2D eigenvalue weighted by Gasteiger charge is 2.21. The zero-order valence-corrected chi connectivity index (χ0v) is 19.7. The predicted octanol–water partition coefficient (Wildman–Crippen LogP) is 5.83. The molecule has 0 spiro atoms. The van der Waals surface area contributed by atoms with Crippen LogP contribution in [0.3, 0.4) is 0 Å². The predicted molar refractivity (Wildman–Crippen MR) is 131 cm³/mol. The highest BCUT2D eigenvalue weighted by molar-refractivity contribution is 9.09. The maximum atomic E-state index is 11.5. The van der Waals surface area contributed by atoms with Crippen LogP contribution in [0.1, 0.15) is 48.9 Å². The Morgan fingerprint density at radius 1 is 0.839 bits per heavy atom. The lowest BCUT2D eigenvalue weighted by atomic mass is 10.1. The number of carboxylic acids is 1. The molecule has 0 aromatic heterocycles. The van der Waals surface area contributed by atoms with Crippen LogP contribution < -0.4 is 14.5 Å². The molecule has 1 aliphatic rings. The Morgan fingerprint density at radius 2 is 1.45 bits per heavy atom. The number of hydrogen-bond donors (Lipinski definition) is 1. The lowest BCUT2D eigenvalue weighted by Gasteiger charge is -2.37. The maximum absolute atomic E-state index is 11.5. The van der Waals surface area contributed by atoms with Crippen LogP contribution in [0, 0.1) is 0 Å². The molecule has 1 N–H and O–H groups in total. The molecule has 1 aliphatic heterocycles. The summed E-state index contributed by atoms with van der Waals surface area (Å²) in [7, 11) is 0. The van der Waals surface area contributed by atoms with E-state index in [1.807, 2.05) is 12.1 Å². The van der Waals surface area contributed by atoms with Crippen molar-refractivity contribution < 1.29 is 14.6 Å². The van der Waals surface area contributed by atoms with Gasteiger partial charge in [0.25, 0.3) is 0 Å². The number of unbranched alkanes of at least 4 members (excludes halogenated alkanes) is 5. The first-order valence-electron chi connectivity index (χ1n) is 11.3. The van der Waals surface area contributed by atoms with E-state index >= 15 is 0 Å². The van der Waals surface area contributed by atoms with Crippen molar-refractivity contribution in [1.82, 2.24) is 0 Å². The Morgan fingerprint density at radius 3 is 2.13 bits per heavy atom. The van der Waals surface area contributed by atoms with Gasteiger partial charge in [0.2, 0.25) is 0 Å². The van der Waals surface area contributed by atoms with Crippen LogP contribution in [-0.2, 0) is 0 Å². The molecule has 1 heterocycles. The molecular weight excluding hydrogens is 456 g/mol. The van der Waals surface area contributed by atoms with Crippen LogP contribution in [-0.4, -0.2) is 49.2 Å². The molecule has 0 atom stereocenters. The number of ether oxygens (including phenoxy) is 1. The van der Waals surface area contributed by atoms with Crippen molar-refractivity contribution in [2.75, 3.05) is 47.9 Å². The molecule has 0 amide bonds. The van der Waals surface area contributed by atoms with E-state index in [4.69, 9.17) is 4.74 Å². The van der Waals surface area contributed by atoms with Crippen molar-refractivity contribution in [3.8, 4) is 5.75 Å². The van der Waals surface area contributed by atoms with Crippen molar-refractivity contribution in [3.63, 3.8) is 0 Å². The largest absolute Gasteiger partial charge is 0.494 e. The number of nitrogens with zero attached hydrogens (tertiary/aromatic N) is 2. The van der Waals surface area contributed by atoms with E-state index in [0.29, 0.717) is 5.56 Å². The standard InChI is InChI=1S/C25H33BrN2O3/c26-15-7-3-1-2-4-8-20-31-22-13-11-21(12-14-22)27-16-18-28(19-17-27)24-10-6-5-9-23(24)25(29)30/h5-6,9-14H,1-4,7-8,15-20H2,(H,29,30). The van der Waals surface area contributed by atoms with E-state index < -0.39 is 5.97 Å². The van der Waals surface area contributed by atoms with Crippen LogP contribution in [0.15, 0.2) is 48.5 Å². The number of anilines is 2.